The van der Waals surface area contributed by atoms with E-state index in [-0.39, 0.29) is 0 Å². The standard InChI is InChI=1S/C16H24N4/c1-12(20-9-4-7-17-8-10-20)14-5-6-16-15(11-14)18-13(2)19(16)3/h5-6,11-12,17H,4,7-10H2,1-3H3. The number of fused-ring (bicyclic) bond motifs is 1. The fourth-order valence-electron chi connectivity index (χ4n) is 3.06. The summed E-state index contributed by atoms with van der Waals surface area (Å²) >= 11 is 0. The molecule has 0 spiro atoms. The molecule has 3 rings (SSSR count). The minimum atomic E-state index is 0.460. The molecule has 2 aromatic rings. The topological polar surface area (TPSA) is 33.1 Å². The van der Waals surface area contributed by atoms with Crippen molar-refractivity contribution in [2.45, 2.75) is 26.3 Å². The maximum Gasteiger partial charge on any atom is 0.106 e. The van der Waals surface area contributed by atoms with Crippen LogP contribution in [0.3, 0.4) is 0 Å². The van der Waals surface area contributed by atoms with Gasteiger partial charge in [0.25, 0.3) is 0 Å². The van der Waals surface area contributed by atoms with Crippen LogP contribution in [0.15, 0.2) is 18.2 Å². The molecule has 1 fully saturated rings. The molecule has 0 aliphatic carbocycles. The smallest absolute Gasteiger partial charge is 0.106 e. The van der Waals surface area contributed by atoms with Crippen LogP contribution in [0.5, 0.6) is 0 Å². The van der Waals surface area contributed by atoms with Crippen LogP contribution in [0.1, 0.15) is 30.8 Å². The molecule has 1 saturated heterocycles. The summed E-state index contributed by atoms with van der Waals surface area (Å²) in [6.45, 7) is 8.90. The Morgan fingerprint density at radius 1 is 1.25 bits per heavy atom. The van der Waals surface area contributed by atoms with Crippen molar-refractivity contribution < 1.29 is 0 Å². The van der Waals surface area contributed by atoms with Gasteiger partial charge in [-0.1, -0.05) is 6.07 Å². The van der Waals surface area contributed by atoms with Crippen molar-refractivity contribution in [3.8, 4) is 0 Å². The molecule has 1 atom stereocenters. The van der Waals surface area contributed by atoms with E-state index >= 15 is 0 Å². The van der Waals surface area contributed by atoms with Crippen molar-refractivity contribution in [1.82, 2.24) is 19.8 Å². The van der Waals surface area contributed by atoms with E-state index in [1.807, 2.05) is 0 Å². The summed E-state index contributed by atoms with van der Waals surface area (Å²) in [5, 5.41) is 3.47. The number of imidazole rings is 1. The molecular weight excluding hydrogens is 248 g/mol. The highest BCUT2D eigenvalue weighted by molar-refractivity contribution is 5.76. The van der Waals surface area contributed by atoms with Crippen molar-refractivity contribution >= 4 is 11.0 Å². The Labute approximate surface area is 120 Å². The van der Waals surface area contributed by atoms with E-state index in [1.54, 1.807) is 0 Å². The number of nitrogens with one attached hydrogen (secondary N) is 1. The normalized spacial score (nSPS) is 19.1. The summed E-state index contributed by atoms with van der Waals surface area (Å²) in [6.07, 6.45) is 1.23. The molecule has 1 aliphatic heterocycles. The van der Waals surface area contributed by atoms with Crippen LogP contribution in [-0.2, 0) is 7.05 Å². The predicted octanol–water partition coefficient (Wildman–Crippen LogP) is 2.24. The minimum absolute atomic E-state index is 0.460. The molecule has 4 heteroatoms. The van der Waals surface area contributed by atoms with Crippen LogP contribution in [-0.4, -0.2) is 40.6 Å². The lowest BCUT2D eigenvalue weighted by atomic mass is 10.1. The summed E-state index contributed by atoms with van der Waals surface area (Å²) in [6, 6.07) is 7.18. The third-order valence-corrected chi connectivity index (χ3v) is 4.53. The summed E-state index contributed by atoms with van der Waals surface area (Å²) < 4.78 is 2.15. The molecular formula is C16H24N4. The monoisotopic (exact) mass is 272 g/mol. The van der Waals surface area contributed by atoms with E-state index in [1.165, 1.54) is 24.0 Å². The van der Waals surface area contributed by atoms with Crippen molar-refractivity contribution in [2.75, 3.05) is 26.2 Å². The van der Waals surface area contributed by atoms with Crippen LogP contribution in [0.4, 0.5) is 0 Å². The van der Waals surface area contributed by atoms with Gasteiger partial charge in [-0.05, 0) is 51.1 Å². The first-order chi connectivity index (χ1) is 9.66. The molecule has 1 aromatic carbocycles. The lowest BCUT2D eigenvalue weighted by Gasteiger charge is -2.27. The Morgan fingerprint density at radius 2 is 2.10 bits per heavy atom. The van der Waals surface area contributed by atoms with Gasteiger partial charge in [-0.2, -0.15) is 0 Å². The zero-order chi connectivity index (χ0) is 14.1. The first-order valence-electron chi connectivity index (χ1n) is 7.54. The van der Waals surface area contributed by atoms with Gasteiger partial charge in [-0.3, -0.25) is 4.90 Å². The lowest BCUT2D eigenvalue weighted by molar-refractivity contribution is 0.225. The fourth-order valence-corrected chi connectivity index (χ4v) is 3.06. The Kier molecular flexibility index (Phi) is 3.76. The van der Waals surface area contributed by atoms with E-state index in [9.17, 15) is 0 Å². The van der Waals surface area contributed by atoms with Crippen molar-refractivity contribution in [2.24, 2.45) is 7.05 Å². The number of hydrogen-bond donors (Lipinski definition) is 1. The van der Waals surface area contributed by atoms with Gasteiger partial charge < -0.3 is 9.88 Å². The predicted molar refractivity (Wildman–Crippen MR) is 82.9 cm³/mol. The Balaban J connectivity index is 1.88. The van der Waals surface area contributed by atoms with Crippen molar-refractivity contribution in [1.29, 1.82) is 0 Å². The average molecular weight is 272 g/mol. The molecule has 4 nitrogen and oxygen atoms in total. The minimum Gasteiger partial charge on any atom is -0.331 e. The third-order valence-electron chi connectivity index (χ3n) is 4.53. The second kappa shape index (κ2) is 5.54. The summed E-state index contributed by atoms with van der Waals surface area (Å²) in [5.74, 6) is 1.07. The maximum absolute atomic E-state index is 4.65. The highest BCUT2D eigenvalue weighted by atomic mass is 15.2. The van der Waals surface area contributed by atoms with Crippen LogP contribution in [0, 0.1) is 6.92 Å². The number of aryl methyl sites for hydroxylation is 2. The van der Waals surface area contributed by atoms with E-state index < -0.39 is 0 Å². The quantitative estimate of drug-likeness (QED) is 0.910. The van der Waals surface area contributed by atoms with Gasteiger partial charge in [0.05, 0.1) is 11.0 Å². The van der Waals surface area contributed by atoms with Crippen molar-refractivity contribution in [3.63, 3.8) is 0 Å². The zero-order valence-corrected chi connectivity index (χ0v) is 12.7. The van der Waals surface area contributed by atoms with E-state index in [0.717, 1.165) is 31.0 Å². The highest BCUT2D eigenvalue weighted by Crippen LogP contribution is 2.24. The van der Waals surface area contributed by atoms with E-state index in [4.69, 9.17) is 0 Å². The molecule has 0 amide bonds. The van der Waals surface area contributed by atoms with Gasteiger partial charge in [0, 0.05) is 26.2 Å². The van der Waals surface area contributed by atoms with E-state index in [0.29, 0.717) is 6.04 Å². The van der Waals surface area contributed by atoms with Gasteiger partial charge in [0.1, 0.15) is 5.82 Å². The number of aromatic nitrogens is 2. The second-order valence-corrected chi connectivity index (χ2v) is 5.78. The lowest BCUT2D eigenvalue weighted by Crippen LogP contribution is -2.30. The Bertz CT molecular complexity index is 594. The SMILES string of the molecule is Cc1nc2cc(C(C)N3CCCNCC3)ccc2n1C. The van der Waals surface area contributed by atoms with Crippen LogP contribution < -0.4 is 5.32 Å². The molecule has 1 aromatic heterocycles. The molecule has 0 radical (unpaired) electrons. The summed E-state index contributed by atoms with van der Waals surface area (Å²) in [5.41, 5.74) is 3.70. The van der Waals surface area contributed by atoms with Crippen LogP contribution in [0.25, 0.3) is 11.0 Å². The molecule has 20 heavy (non-hydrogen) atoms. The molecule has 2 heterocycles. The first kappa shape index (κ1) is 13.6. The largest absolute Gasteiger partial charge is 0.331 e. The molecule has 1 N–H and O–H groups in total. The second-order valence-electron chi connectivity index (χ2n) is 5.78. The number of nitrogens with zero attached hydrogens (tertiary/aromatic N) is 3. The molecule has 1 aliphatic rings. The van der Waals surface area contributed by atoms with Crippen LogP contribution >= 0.6 is 0 Å². The third kappa shape index (κ3) is 2.45. The zero-order valence-electron chi connectivity index (χ0n) is 12.7. The fraction of sp³-hybridized carbons (Fsp3) is 0.562. The molecule has 108 valence electrons. The van der Waals surface area contributed by atoms with Gasteiger partial charge in [-0.15, -0.1) is 0 Å². The molecule has 1 unspecified atom stereocenters. The number of hydrogen-bond acceptors (Lipinski definition) is 3. The van der Waals surface area contributed by atoms with E-state index in [2.05, 4.69) is 58.9 Å². The number of rotatable bonds is 2. The number of benzene rings is 1. The van der Waals surface area contributed by atoms with Crippen LogP contribution in [0.2, 0.25) is 0 Å². The van der Waals surface area contributed by atoms with Gasteiger partial charge >= 0.3 is 0 Å². The summed E-state index contributed by atoms with van der Waals surface area (Å²) in [7, 11) is 2.08. The average Bonchev–Trinajstić information content (AvgIpc) is 2.65. The van der Waals surface area contributed by atoms with Gasteiger partial charge in [0.15, 0.2) is 0 Å². The van der Waals surface area contributed by atoms with Gasteiger partial charge in [-0.25, -0.2) is 4.98 Å². The molecule has 0 saturated carbocycles. The Morgan fingerprint density at radius 3 is 2.95 bits per heavy atom. The maximum atomic E-state index is 4.65. The first-order valence-corrected chi connectivity index (χ1v) is 7.54. The van der Waals surface area contributed by atoms with Gasteiger partial charge in [0.2, 0.25) is 0 Å². The molecule has 0 bridgehead atoms. The summed E-state index contributed by atoms with van der Waals surface area (Å²) in [4.78, 5) is 7.22. The van der Waals surface area contributed by atoms with Crippen molar-refractivity contribution in [3.05, 3.63) is 29.6 Å². The highest BCUT2D eigenvalue weighted by Gasteiger charge is 2.18. The Hall–Kier alpha value is -1.39.